The number of hydrogen-bond acceptors (Lipinski definition) is 1. The minimum Gasteiger partial charge on any atom is -0.250 e. The lowest BCUT2D eigenvalue weighted by molar-refractivity contribution is -0.143. The molecule has 8 heteroatoms. The van der Waals surface area contributed by atoms with Crippen LogP contribution in [0.5, 0.6) is 0 Å². The number of rotatable bonds is 1. The van der Waals surface area contributed by atoms with Crippen molar-refractivity contribution in [2.75, 3.05) is 0 Å². The van der Waals surface area contributed by atoms with Crippen LogP contribution in [-0.4, -0.2) is 4.98 Å². The highest BCUT2D eigenvalue weighted by molar-refractivity contribution is 14.1. The van der Waals surface area contributed by atoms with Crippen molar-refractivity contribution in [3.63, 3.8) is 0 Å². The van der Waals surface area contributed by atoms with Crippen molar-refractivity contribution in [3.05, 3.63) is 25.5 Å². The van der Waals surface area contributed by atoms with Crippen LogP contribution in [0.3, 0.4) is 0 Å². The van der Waals surface area contributed by atoms with Crippen molar-refractivity contribution in [3.8, 4) is 0 Å². The second-order valence-electron chi connectivity index (χ2n) is 2.48. The van der Waals surface area contributed by atoms with E-state index in [0.29, 0.717) is 0 Å². The van der Waals surface area contributed by atoms with Crippen LogP contribution in [0.25, 0.3) is 0 Å². The number of nitrogens with zero attached hydrogens (tertiary/aromatic N) is 1. The summed E-state index contributed by atoms with van der Waals surface area (Å²) >= 11 is 4.26. The summed E-state index contributed by atoms with van der Waals surface area (Å²) in [5, 5.41) is 0. The summed E-state index contributed by atoms with van der Waals surface area (Å²) in [6.45, 7) is 0. The van der Waals surface area contributed by atoms with Gasteiger partial charge in [-0.2, -0.15) is 13.2 Å². The third-order valence-corrected chi connectivity index (χ3v) is 4.00. The summed E-state index contributed by atoms with van der Waals surface area (Å²) in [5.41, 5.74) is -2.62. The zero-order valence-electron chi connectivity index (χ0n) is 6.75. The number of pyridine rings is 1. The molecule has 0 spiro atoms. The number of hydrogen-bond donors (Lipinski definition) is 0. The topological polar surface area (TPSA) is 12.9 Å². The van der Waals surface area contributed by atoms with Gasteiger partial charge in [0, 0.05) is 14.2 Å². The average Bonchev–Trinajstić information content (AvgIpc) is 2.06. The summed E-state index contributed by atoms with van der Waals surface area (Å²) in [6.07, 6.45) is -7.22. The van der Waals surface area contributed by atoms with Gasteiger partial charge < -0.3 is 0 Å². The number of aromatic nitrogens is 1. The summed E-state index contributed by atoms with van der Waals surface area (Å²) in [5.74, 6) is 0. The Labute approximate surface area is 103 Å². The third-order valence-electron chi connectivity index (χ3n) is 1.49. The van der Waals surface area contributed by atoms with Crippen LogP contribution >= 0.6 is 38.5 Å². The molecule has 0 unspecified atom stereocenters. The van der Waals surface area contributed by atoms with Gasteiger partial charge in [-0.25, -0.2) is 8.78 Å². The summed E-state index contributed by atoms with van der Waals surface area (Å²) in [6, 6.07) is 0. The maximum atomic E-state index is 12.4. The largest absolute Gasteiger partial charge is 0.433 e. The normalized spacial score (nSPS) is 12.3. The monoisotopic (exact) mass is 401 g/mol. The van der Waals surface area contributed by atoms with Gasteiger partial charge in [-0.15, -0.1) is 0 Å². The smallest absolute Gasteiger partial charge is 0.250 e. The maximum absolute atomic E-state index is 12.4. The minimum atomic E-state index is -4.87. The van der Waals surface area contributed by atoms with Crippen LogP contribution < -0.4 is 0 Å². The zero-order chi connectivity index (χ0) is 11.8. The van der Waals surface area contributed by atoms with Gasteiger partial charge in [-0.1, -0.05) is 0 Å². The van der Waals surface area contributed by atoms with Gasteiger partial charge in [0.05, 0.1) is 5.56 Å². The molecule has 0 atom stereocenters. The Morgan fingerprint density at radius 1 is 1.33 bits per heavy atom. The van der Waals surface area contributed by atoms with Crippen LogP contribution in [0.4, 0.5) is 22.0 Å². The van der Waals surface area contributed by atoms with E-state index in [1.807, 2.05) is 0 Å². The van der Waals surface area contributed by atoms with E-state index >= 15 is 0 Å². The predicted octanol–water partition coefficient (Wildman–Crippen LogP) is 4.41. The Hall–Kier alpha value is 0.01000. The van der Waals surface area contributed by atoms with E-state index < -0.39 is 23.9 Å². The molecular weight excluding hydrogens is 400 g/mol. The summed E-state index contributed by atoms with van der Waals surface area (Å²) in [7, 11) is 0. The second kappa shape index (κ2) is 4.48. The van der Waals surface area contributed by atoms with Crippen molar-refractivity contribution in [2.45, 2.75) is 12.6 Å². The van der Waals surface area contributed by atoms with Crippen LogP contribution in [0.1, 0.15) is 17.7 Å². The lowest BCUT2D eigenvalue weighted by Crippen LogP contribution is -2.14. The minimum absolute atomic E-state index is 0.117. The average molecular weight is 402 g/mol. The molecule has 1 nitrogen and oxygen atoms in total. The van der Waals surface area contributed by atoms with Crippen molar-refractivity contribution in [1.29, 1.82) is 0 Å². The van der Waals surface area contributed by atoms with Gasteiger partial charge in [-0.3, -0.25) is 4.98 Å². The van der Waals surface area contributed by atoms with E-state index in [2.05, 4.69) is 20.9 Å². The molecule has 1 aromatic heterocycles. The molecule has 0 fully saturated rings. The first-order valence-corrected chi connectivity index (χ1v) is 5.31. The molecule has 0 aliphatic carbocycles. The predicted molar refractivity (Wildman–Crippen MR) is 54.6 cm³/mol. The molecule has 0 saturated carbocycles. The van der Waals surface area contributed by atoms with Crippen LogP contribution in [0.2, 0.25) is 0 Å². The molecule has 0 radical (unpaired) electrons. The molecule has 0 saturated heterocycles. The van der Waals surface area contributed by atoms with E-state index in [0.717, 1.165) is 6.20 Å². The Kier molecular flexibility index (Phi) is 3.90. The summed E-state index contributed by atoms with van der Waals surface area (Å²) < 4.78 is 61.7. The van der Waals surface area contributed by atoms with Gasteiger partial charge in [0.1, 0.15) is 0 Å². The van der Waals surface area contributed by atoms with Crippen LogP contribution in [0, 0.1) is 3.57 Å². The molecule has 0 aliphatic rings. The van der Waals surface area contributed by atoms with E-state index in [1.165, 1.54) is 22.6 Å². The molecule has 15 heavy (non-hydrogen) atoms. The Morgan fingerprint density at radius 3 is 2.27 bits per heavy atom. The Morgan fingerprint density at radius 2 is 1.87 bits per heavy atom. The lowest BCUT2D eigenvalue weighted by atomic mass is 10.2. The third kappa shape index (κ3) is 2.77. The Bertz CT molecular complexity index is 378. The van der Waals surface area contributed by atoms with E-state index in [1.54, 1.807) is 0 Å². The van der Waals surface area contributed by atoms with Crippen molar-refractivity contribution < 1.29 is 22.0 Å². The summed E-state index contributed by atoms with van der Waals surface area (Å²) in [4.78, 5) is 2.97. The standard InChI is InChI=1S/C7H2BrF5IN/c8-2-1-15-5(7(11,12)13)3(4(2)14)6(9)10/h1,6H. The fourth-order valence-corrected chi connectivity index (χ4v) is 1.85. The van der Waals surface area contributed by atoms with Gasteiger partial charge in [-0.05, 0) is 38.5 Å². The molecular formula is C7H2BrF5IN. The van der Waals surface area contributed by atoms with Gasteiger partial charge in [0.25, 0.3) is 6.43 Å². The van der Waals surface area contributed by atoms with Crippen molar-refractivity contribution in [2.24, 2.45) is 0 Å². The fourth-order valence-electron chi connectivity index (χ4n) is 0.905. The highest BCUT2D eigenvalue weighted by atomic mass is 127. The van der Waals surface area contributed by atoms with Gasteiger partial charge >= 0.3 is 6.18 Å². The highest BCUT2D eigenvalue weighted by Gasteiger charge is 2.39. The molecule has 0 aliphatic heterocycles. The zero-order valence-corrected chi connectivity index (χ0v) is 10.5. The Balaban J connectivity index is 3.47. The van der Waals surface area contributed by atoms with E-state index in [9.17, 15) is 22.0 Å². The second-order valence-corrected chi connectivity index (χ2v) is 4.41. The highest BCUT2D eigenvalue weighted by Crippen LogP contribution is 2.39. The fraction of sp³-hybridized carbons (Fsp3) is 0.286. The number of alkyl halides is 5. The van der Waals surface area contributed by atoms with Crippen LogP contribution in [-0.2, 0) is 6.18 Å². The van der Waals surface area contributed by atoms with Crippen molar-refractivity contribution in [1.82, 2.24) is 4.98 Å². The molecule has 1 rings (SSSR count). The maximum Gasteiger partial charge on any atom is 0.433 e. The first-order chi connectivity index (χ1) is 6.75. The quantitative estimate of drug-likeness (QED) is 0.502. The molecule has 0 amide bonds. The lowest BCUT2D eigenvalue weighted by Gasteiger charge is -2.13. The van der Waals surface area contributed by atoms with E-state index in [4.69, 9.17) is 0 Å². The molecule has 0 aromatic carbocycles. The first kappa shape index (κ1) is 13.1. The van der Waals surface area contributed by atoms with Gasteiger partial charge in [0.2, 0.25) is 0 Å². The number of halogens is 7. The van der Waals surface area contributed by atoms with E-state index in [-0.39, 0.29) is 8.04 Å². The molecule has 1 heterocycles. The molecule has 84 valence electrons. The molecule has 1 aromatic rings. The molecule has 0 bridgehead atoms. The van der Waals surface area contributed by atoms with Crippen LogP contribution in [0.15, 0.2) is 10.7 Å². The molecule has 0 N–H and O–H groups in total. The van der Waals surface area contributed by atoms with Crippen molar-refractivity contribution >= 4 is 38.5 Å². The first-order valence-electron chi connectivity index (χ1n) is 3.44. The van der Waals surface area contributed by atoms with Gasteiger partial charge in [0.15, 0.2) is 5.69 Å². The SMILES string of the molecule is FC(F)c1c(C(F)(F)F)ncc(Br)c1I.